The van der Waals surface area contributed by atoms with Gasteiger partial charge in [0.2, 0.25) is 0 Å². The minimum atomic E-state index is -0.144. The van der Waals surface area contributed by atoms with Crippen molar-refractivity contribution >= 4 is 17.4 Å². The molecule has 2 heterocycles. The van der Waals surface area contributed by atoms with E-state index in [9.17, 15) is 4.79 Å². The van der Waals surface area contributed by atoms with Gasteiger partial charge in [-0.05, 0) is 32.3 Å². The van der Waals surface area contributed by atoms with Gasteiger partial charge < -0.3 is 15.4 Å². The second-order valence-electron chi connectivity index (χ2n) is 6.16. The summed E-state index contributed by atoms with van der Waals surface area (Å²) in [5.74, 6) is 0. The minimum absolute atomic E-state index is 0.0456. The van der Waals surface area contributed by atoms with Gasteiger partial charge in [-0.2, -0.15) is 0 Å². The van der Waals surface area contributed by atoms with Crippen molar-refractivity contribution in [1.82, 2.24) is 15.6 Å². The molecule has 0 unspecified atom stereocenters. The van der Waals surface area contributed by atoms with Crippen molar-refractivity contribution < 1.29 is 9.53 Å². The standard InChI is InChI=1S/C18H23N3O2S/c1-12-11-24-17(19-12)13(2)20-18(22)21-15-8-9-23-16(10-15)14-6-4-3-5-7-14/h3-7,11,13,15-16H,8-10H2,1-2H3,(H2,20,21,22)/t13-,15+,16-/m0/s1. The largest absolute Gasteiger partial charge is 0.373 e. The van der Waals surface area contributed by atoms with Crippen LogP contribution < -0.4 is 10.6 Å². The molecule has 1 aliphatic heterocycles. The van der Waals surface area contributed by atoms with Crippen molar-refractivity contribution in [2.24, 2.45) is 0 Å². The normalized spacial score (nSPS) is 21.9. The van der Waals surface area contributed by atoms with E-state index in [0.29, 0.717) is 6.61 Å². The first kappa shape index (κ1) is 16.9. The number of rotatable bonds is 4. The zero-order valence-corrected chi connectivity index (χ0v) is 14.8. The molecular formula is C18H23N3O2S. The number of urea groups is 1. The van der Waals surface area contributed by atoms with E-state index in [-0.39, 0.29) is 24.2 Å². The predicted octanol–water partition coefficient (Wildman–Crippen LogP) is 3.73. The molecular weight excluding hydrogens is 322 g/mol. The minimum Gasteiger partial charge on any atom is -0.373 e. The molecule has 1 fully saturated rings. The number of nitrogens with zero attached hydrogens (tertiary/aromatic N) is 1. The molecule has 1 aromatic heterocycles. The summed E-state index contributed by atoms with van der Waals surface area (Å²) in [6, 6.07) is 10.0. The Morgan fingerprint density at radius 3 is 2.88 bits per heavy atom. The number of thiazole rings is 1. The van der Waals surface area contributed by atoms with Gasteiger partial charge in [0.25, 0.3) is 0 Å². The average molecular weight is 345 g/mol. The highest BCUT2D eigenvalue weighted by atomic mass is 32.1. The lowest BCUT2D eigenvalue weighted by Crippen LogP contribution is -2.45. The maximum atomic E-state index is 12.3. The first-order chi connectivity index (χ1) is 11.6. The number of hydrogen-bond acceptors (Lipinski definition) is 4. The third kappa shape index (κ3) is 4.33. The fraction of sp³-hybridized carbons (Fsp3) is 0.444. The van der Waals surface area contributed by atoms with Crippen molar-refractivity contribution in [2.75, 3.05) is 6.61 Å². The van der Waals surface area contributed by atoms with Gasteiger partial charge >= 0.3 is 6.03 Å². The maximum Gasteiger partial charge on any atom is 0.315 e. The molecule has 0 spiro atoms. The van der Waals surface area contributed by atoms with Crippen LogP contribution in [0.1, 0.15) is 48.2 Å². The summed E-state index contributed by atoms with van der Waals surface area (Å²) in [6.07, 6.45) is 1.67. The van der Waals surface area contributed by atoms with Crippen LogP contribution in [0.4, 0.5) is 4.79 Å². The van der Waals surface area contributed by atoms with Gasteiger partial charge in [-0.15, -0.1) is 11.3 Å². The number of carbonyl (C=O) groups is 1. The highest BCUT2D eigenvalue weighted by molar-refractivity contribution is 7.09. The maximum absolute atomic E-state index is 12.3. The summed E-state index contributed by atoms with van der Waals surface area (Å²) < 4.78 is 5.85. The first-order valence-corrected chi connectivity index (χ1v) is 9.15. The van der Waals surface area contributed by atoms with E-state index in [1.54, 1.807) is 11.3 Å². The Balaban J connectivity index is 1.52. The van der Waals surface area contributed by atoms with Gasteiger partial charge in [-0.1, -0.05) is 30.3 Å². The van der Waals surface area contributed by atoms with E-state index < -0.39 is 0 Å². The first-order valence-electron chi connectivity index (χ1n) is 8.27. The second-order valence-corrected chi connectivity index (χ2v) is 7.05. The fourth-order valence-electron chi connectivity index (χ4n) is 2.88. The molecule has 1 aromatic carbocycles. The van der Waals surface area contributed by atoms with Gasteiger partial charge in [0.1, 0.15) is 5.01 Å². The lowest BCUT2D eigenvalue weighted by molar-refractivity contribution is 0.00222. The van der Waals surface area contributed by atoms with Crippen LogP contribution in [-0.4, -0.2) is 23.7 Å². The number of carbonyl (C=O) groups excluding carboxylic acids is 1. The quantitative estimate of drug-likeness (QED) is 0.887. The summed E-state index contributed by atoms with van der Waals surface area (Å²) >= 11 is 1.57. The van der Waals surface area contributed by atoms with E-state index in [2.05, 4.69) is 27.8 Å². The highest BCUT2D eigenvalue weighted by Gasteiger charge is 2.25. The highest BCUT2D eigenvalue weighted by Crippen LogP contribution is 2.28. The lowest BCUT2D eigenvalue weighted by atomic mass is 9.97. The Morgan fingerprint density at radius 2 is 2.17 bits per heavy atom. The Hall–Kier alpha value is -1.92. The number of aryl methyl sites for hydroxylation is 1. The SMILES string of the molecule is Cc1csc([C@H](C)NC(=O)N[C@@H]2CCO[C@H](c3ccccc3)C2)n1. The molecule has 1 aliphatic rings. The molecule has 2 amide bonds. The van der Waals surface area contributed by atoms with Crippen molar-refractivity contribution in [3.8, 4) is 0 Å². The number of amides is 2. The molecule has 3 atom stereocenters. The van der Waals surface area contributed by atoms with E-state index in [0.717, 1.165) is 29.1 Å². The van der Waals surface area contributed by atoms with E-state index in [4.69, 9.17) is 4.74 Å². The van der Waals surface area contributed by atoms with Crippen LogP contribution in [0.3, 0.4) is 0 Å². The monoisotopic (exact) mass is 345 g/mol. The predicted molar refractivity (Wildman–Crippen MR) is 95.1 cm³/mol. The van der Waals surface area contributed by atoms with Crippen LogP contribution in [0.15, 0.2) is 35.7 Å². The summed E-state index contributed by atoms with van der Waals surface area (Å²) in [6.45, 7) is 4.57. The van der Waals surface area contributed by atoms with Crippen LogP contribution in [-0.2, 0) is 4.74 Å². The molecule has 2 N–H and O–H groups in total. The fourth-order valence-corrected chi connectivity index (χ4v) is 3.69. The van der Waals surface area contributed by atoms with Gasteiger partial charge in [0.05, 0.1) is 12.1 Å². The molecule has 1 saturated heterocycles. The Labute approximate surface area is 146 Å². The van der Waals surface area contributed by atoms with Gasteiger partial charge in [-0.25, -0.2) is 9.78 Å². The summed E-state index contributed by atoms with van der Waals surface area (Å²) in [4.78, 5) is 16.7. The Kier molecular flexibility index (Phi) is 5.48. The van der Waals surface area contributed by atoms with Crippen LogP contribution in [0.5, 0.6) is 0 Å². The molecule has 128 valence electrons. The molecule has 6 heteroatoms. The second kappa shape index (κ2) is 7.77. The third-order valence-electron chi connectivity index (χ3n) is 4.15. The van der Waals surface area contributed by atoms with Crippen LogP contribution in [0.2, 0.25) is 0 Å². The van der Waals surface area contributed by atoms with Crippen molar-refractivity contribution in [3.63, 3.8) is 0 Å². The number of benzene rings is 1. The lowest BCUT2D eigenvalue weighted by Gasteiger charge is -2.30. The number of nitrogens with one attached hydrogen (secondary N) is 2. The number of ether oxygens (including phenoxy) is 1. The molecule has 24 heavy (non-hydrogen) atoms. The van der Waals surface area contributed by atoms with Crippen LogP contribution >= 0.6 is 11.3 Å². The van der Waals surface area contributed by atoms with Crippen LogP contribution in [0.25, 0.3) is 0 Å². The van der Waals surface area contributed by atoms with Crippen molar-refractivity contribution in [3.05, 3.63) is 52.0 Å². The molecule has 0 bridgehead atoms. The van der Waals surface area contributed by atoms with E-state index in [1.165, 1.54) is 0 Å². The smallest absolute Gasteiger partial charge is 0.315 e. The summed E-state index contributed by atoms with van der Waals surface area (Å²) in [7, 11) is 0. The topological polar surface area (TPSA) is 63.2 Å². The summed E-state index contributed by atoms with van der Waals surface area (Å²) in [5, 5.41) is 8.96. The molecule has 2 aromatic rings. The molecule has 0 aliphatic carbocycles. The van der Waals surface area contributed by atoms with Gasteiger partial charge in [-0.3, -0.25) is 0 Å². The Bertz CT molecular complexity index is 674. The Morgan fingerprint density at radius 1 is 1.38 bits per heavy atom. The number of hydrogen-bond donors (Lipinski definition) is 2. The van der Waals surface area contributed by atoms with E-state index >= 15 is 0 Å². The molecule has 3 rings (SSSR count). The molecule has 0 radical (unpaired) electrons. The van der Waals surface area contributed by atoms with Crippen LogP contribution in [0, 0.1) is 6.92 Å². The van der Waals surface area contributed by atoms with Crippen molar-refractivity contribution in [1.29, 1.82) is 0 Å². The zero-order valence-electron chi connectivity index (χ0n) is 14.0. The van der Waals surface area contributed by atoms with Gasteiger partial charge in [0, 0.05) is 23.7 Å². The molecule has 5 nitrogen and oxygen atoms in total. The molecule has 0 saturated carbocycles. The van der Waals surface area contributed by atoms with Crippen molar-refractivity contribution in [2.45, 2.75) is 44.9 Å². The van der Waals surface area contributed by atoms with E-state index in [1.807, 2.05) is 37.4 Å². The summed E-state index contributed by atoms with van der Waals surface area (Å²) in [5.41, 5.74) is 2.15. The average Bonchev–Trinajstić information content (AvgIpc) is 3.02. The zero-order chi connectivity index (χ0) is 16.9. The number of aromatic nitrogens is 1. The third-order valence-corrected chi connectivity index (χ3v) is 5.29. The van der Waals surface area contributed by atoms with Gasteiger partial charge in [0.15, 0.2) is 0 Å².